The summed E-state index contributed by atoms with van der Waals surface area (Å²) in [7, 11) is -1.88. The van der Waals surface area contributed by atoms with Crippen molar-refractivity contribution in [1.29, 1.82) is 0 Å². The highest BCUT2D eigenvalue weighted by atomic mass is 32.2. The number of rotatable bonds is 8. The molecule has 0 aliphatic carbocycles. The molecule has 0 unspecified atom stereocenters. The van der Waals surface area contributed by atoms with Gasteiger partial charge in [-0.25, -0.2) is 23.3 Å². The van der Waals surface area contributed by atoms with Gasteiger partial charge in [-0.1, -0.05) is 6.07 Å². The van der Waals surface area contributed by atoms with E-state index in [4.69, 9.17) is 9.47 Å². The highest BCUT2D eigenvalue weighted by Gasteiger charge is 2.29. The lowest BCUT2D eigenvalue weighted by molar-refractivity contribution is 0.0521. The molecule has 2 N–H and O–H groups in total. The number of anilines is 1. The smallest absolute Gasteiger partial charge is 0.342 e. The normalized spacial score (nSPS) is 12.0. The van der Waals surface area contributed by atoms with E-state index in [0.717, 1.165) is 29.2 Å². The van der Waals surface area contributed by atoms with E-state index in [0.29, 0.717) is 5.69 Å². The van der Waals surface area contributed by atoms with Crippen molar-refractivity contribution in [2.24, 2.45) is 17.3 Å². The standard InChI is InChI=1S/C21H22F2N8O5S/c1-5-36-19(32)14-11-25-31(3)18(14)37(33,34)30-21(28-20-26-12(2)9-17(27-20)35-4)29-24-10-13-15(22)7-6-8-16(13)23/h6-11H,5H2,1-4H3,(H2,26,27,28,29,30). The first kappa shape index (κ1) is 27.1. The number of sulfonamides is 1. The summed E-state index contributed by atoms with van der Waals surface area (Å²) in [5, 5.41) is 13.1. The van der Waals surface area contributed by atoms with Gasteiger partial charge < -0.3 is 9.47 Å². The fraction of sp³-hybridized carbons (Fsp3) is 0.238. The average Bonchev–Trinajstić information content (AvgIpc) is 3.23. The molecule has 13 nitrogen and oxygen atoms in total. The lowest BCUT2D eigenvalue weighted by Crippen LogP contribution is -2.38. The molecular weight excluding hydrogens is 514 g/mol. The molecular formula is C21H22F2N8O5S. The van der Waals surface area contributed by atoms with Crippen molar-refractivity contribution in [3.63, 3.8) is 0 Å². The first-order chi connectivity index (χ1) is 17.6. The second-order valence-corrected chi connectivity index (χ2v) is 8.74. The third-order valence-electron chi connectivity index (χ3n) is 4.48. The summed E-state index contributed by atoms with van der Waals surface area (Å²) in [5.41, 5.74) is -0.371. The summed E-state index contributed by atoms with van der Waals surface area (Å²) >= 11 is 0. The van der Waals surface area contributed by atoms with Crippen LogP contribution in [0.25, 0.3) is 0 Å². The number of methoxy groups -OCH3 is 1. The molecule has 2 heterocycles. The highest BCUT2D eigenvalue weighted by Crippen LogP contribution is 2.17. The maximum atomic E-state index is 13.9. The highest BCUT2D eigenvalue weighted by molar-refractivity contribution is 7.90. The van der Waals surface area contributed by atoms with Crippen LogP contribution in [0.2, 0.25) is 0 Å². The molecule has 0 radical (unpaired) electrons. The van der Waals surface area contributed by atoms with Crippen molar-refractivity contribution in [3.05, 3.63) is 58.9 Å². The van der Waals surface area contributed by atoms with Gasteiger partial charge in [0.2, 0.25) is 17.8 Å². The second-order valence-electron chi connectivity index (χ2n) is 7.14. The van der Waals surface area contributed by atoms with Gasteiger partial charge in [-0.05, 0) is 26.0 Å². The maximum absolute atomic E-state index is 13.9. The predicted octanol–water partition coefficient (Wildman–Crippen LogP) is 1.76. The van der Waals surface area contributed by atoms with Gasteiger partial charge in [0, 0.05) is 18.8 Å². The van der Waals surface area contributed by atoms with Crippen LogP contribution in [0.15, 0.2) is 45.7 Å². The summed E-state index contributed by atoms with van der Waals surface area (Å²) in [6.07, 6.45) is 1.79. The van der Waals surface area contributed by atoms with Gasteiger partial charge in [-0.15, -0.1) is 5.10 Å². The molecule has 2 aromatic heterocycles. The maximum Gasteiger partial charge on any atom is 0.342 e. The summed E-state index contributed by atoms with van der Waals surface area (Å²) < 4.78 is 67.4. The minimum atomic E-state index is -4.55. The molecule has 0 aliphatic rings. The molecule has 0 saturated carbocycles. The topological polar surface area (TPSA) is 162 Å². The molecule has 0 spiro atoms. The van der Waals surface area contributed by atoms with Crippen LogP contribution in [0.4, 0.5) is 14.7 Å². The number of halogens is 2. The Bertz CT molecular complexity index is 1450. The van der Waals surface area contributed by atoms with Crippen molar-refractivity contribution < 1.29 is 31.5 Å². The monoisotopic (exact) mass is 536 g/mol. The van der Waals surface area contributed by atoms with E-state index in [1.54, 1.807) is 13.8 Å². The van der Waals surface area contributed by atoms with Gasteiger partial charge in [-0.3, -0.25) is 10.00 Å². The van der Waals surface area contributed by atoms with E-state index >= 15 is 0 Å². The third-order valence-corrected chi connectivity index (χ3v) is 5.93. The molecule has 0 saturated heterocycles. The van der Waals surface area contributed by atoms with Gasteiger partial charge in [0.1, 0.15) is 17.2 Å². The zero-order valence-electron chi connectivity index (χ0n) is 20.1. The molecule has 0 fully saturated rings. The molecule has 196 valence electrons. The van der Waals surface area contributed by atoms with Crippen LogP contribution in [-0.4, -0.2) is 60.0 Å². The zero-order chi connectivity index (χ0) is 27.2. The number of carbonyl (C=O) groups excluding carboxylic acids is 1. The molecule has 0 atom stereocenters. The molecule has 3 aromatic rings. The van der Waals surface area contributed by atoms with Gasteiger partial charge in [0.25, 0.3) is 10.0 Å². The van der Waals surface area contributed by atoms with Crippen LogP contribution >= 0.6 is 0 Å². The number of guanidine groups is 1. The van der Waals surface area contributed by atoms with Crippen molar-refractivity contribution in [2.75, 3.05) is 19.0 Å². The lowest BCUT2D eigenvalue weighted by atomic mass is 10.2. The Balaban J connectivity index is 2.03. The van der Waals surface area contributed by atoms with Gasteiger partial charge >= 0.3 is 5.97 Å². The second kappa shape index (κ2) is 11.5. The fourth-order valence-electron chi connectivity index (χ4n) is 2.92. The summed E-state index contributed by atoms with van der Waals surface area (Å²) in [6.45, 7) is 3.20. The molecule has 0 aliphatic heterocycles. The van der Waals surface area contributed by atoms with E-state index in [1.807, 2.05) is 0 Å². The molecule has 1 aromatic carbocycles. The SMILES string of the molecule is CCOC(=O)c1cnn(C)c1S(=O)(=O)NC(=NN=Cc1c(F)cccc1F)Nc1nc(C)cc(OC)n1. The van der Waals surface area contributed by atoms with Crippen LogP contribution in [0, 0.1) is 18.6 Å². The Morgan fingerprint density at radius 2 is 1.95 bits per heavy atom. The lowest BCUT2D eigenvalue weighted by Gasteiger charge is -2.13. The minimum Gasteiger partial charge on any atom is -0.481 e. The summed E-state index contributed by atoms with van der Waals surface area (Å²) in [6, 6.07) is 4.72. The summed E-state index contributed by atoms with van der Waals surface area (Å²) in [5.74, 6) is -3.28. The predicted molar refractivity (Wildman–Crippen MR) is 128 cm³/mol. The average molecular weight is 537 g/mol. The first-order valence-electron chi connectivity index (χ1n) is 10.5. The van der Waals surface area contributed by atoms with Crippen molar-refractivity contribution >= 4 is 34.1 Å². The number of esters is 1. The van der Waals surface area contributed by atoms with Gasteiger partial charge in [0.05, 0.1) is 31.7 Å². The number of benzene rings is 1. The van der Waals surface area contributed by atoms with Crippen LogP contribution in [-0.2, 0) is 21.8 Å². The Labute approximate surface area is 210 Å². The van der Waals surface area contributed by atoms with Crippen LogP contribution in [0.5, 0.6) is 5.88 Å². The minimum absolute atomic E-state index is 0.00274. The molecule has 0 amide bonds. The number of nitrogens with zero attached hydrogens (tertiary/aromatic N) is 6. The van der Waals surface area contributed by atoms with E-state index in [2.05, 4.69) is 35.3 Å². The number of aryl methyl sites for hydroxylation is 2. The van der Waals surface area contributed by atoms with Crippen molar-refractivity contribution in [1.82, 2.24) is 24.5 Å². The molecule has 3 rings (SSSR count). The third kappa shape index (κ3) is 6.60. The fourth-order valence-corrected chi connectivity index (χ4v) is 4.19. The number of aromatic nitrogens is 4. The van der Waals surface area contributed by atoms with Crippen molar-refractivity contribution in [3.8, 4) is 5.88 Å². The zero-order valence-corrected chi connectivity index (χ0v) is 20.9. The number of carbonyl (C=O) groups is 1. The van der Waals surface area contributed by atoms with E-state index in [1.165, 1.54) is 26.3 Å². The first-order valence-corrected chi connectivity index (χ1v) is 12.0. The van der Waals surface area contributed by atoms with E-state index in [9.17, 15) is 22.0 Å². The Kier molecular flexibility index (Phi) is 8.44. The van der Waals surface area contributed by atoms with Crippen molar-refractivity contribution in [2.45, 2.75) is 18.9 Å². The number of nitrogens with one attached hydrogen (secondary N) is 2. The van der Waals surface area contributed by atoms with Crippen LogP contribution in [0.1, 0.15) is 28.5 Å². The van der Waals surface area contributed by atoms with E-state index in [-0.39, 0.29) is 24.0 Å². The molecule has 0 bridgehead atoms. The Hall–Kier alpha value is -4.47. The number of hydrogen-bond acceptors (Lipinski definition) is 10. The quantitative estimate of drug-likeness (QED) is 0.189. The largest absolute Gasteiger partial charge is 0.481 e. The van der Waals surface area contributed by atoms with Crippen LogP contribution in [0.3, 0.4) is 0 Å². The van der Waals surface area contributed by atoms with E-state index < -0.39 is 44.2 Å². The van der Waals surface area contributed by atoms with Gasteiger partial charge in [-0.2, -0.15) is 23.6 Å². The molecule has 16 heteroatoms. The number of ether oxygens (including phenoxy) is 2. The van der Waals surface area contributed by atoms with Crippen LogP contribution < -0.4 is 14.8 Å². The Morgan fingerprint density at radius 1 is 1.24 bits per heavy atom. The summed E-state index contributed by atoms with van der Waals surface area (Å²) in [4.78, 5) is 20.4. The molecule has 37 heavy (non-hydrogen) atoms. The number of hydrogen-bond donors (Lipinski definition) is 2. The van der Waals surface area contributed by atoms with Gasteiger partial charge in [0.15, 0.2) is 5.03 Å². The Morgan fingerprint density at radius 3 is 2.59 bits per heavy atom.